The highest BCUT2D eigenvalue weighted by molar-refractivity contribution is 5.73. The molecule has 1 saturated heterocycles. The predicted octanol–water partition coefficient (Wildman–Crippen LogP) is 3.70. The van der Waals surface area contributed by atoms with E-state index in [1.54, 1.807) is 0 Å². The zero-order valence-electron chi connectivity index (χ0n) is 16.6. The summed E-state index contributed by atoms with van der Waals surface area (Å²) in [5.41, 5.74) is 0.229. The highest BCUT2D eigenvalue weighted by Crippen LogP contribution is 2.48. The second kappa shape index (κ2) is 8.17. The molecule has 2 aliphatic carbocycles. The van der Waals surface area contributed by atoms with Crippen molar-refractivity contribution in [1.82, 2.24) is 0 Å². The van der Waals surface area contributed by atoms with Crippen molar-refractivity contribution in [3.8, 4) is 0 Å². The van der Waals surface area contributed by atoms with E-state index in [-0.39, 0.29) is 35.8 Å². The average Bonchev–Trinajstić information content (AvgIpc) is 2.61. The van der Waals surface area contributed by atoms with Crippen molar-refractivity contribution >= 4 is 11.9 Å². The van der Waals surface area contributed by atoms with Gasteiger partial charge in [-0.3, -0.25) is 9.59 Å². The topological polar surface area (TPSA) is 72.8 Å². The van der Waals surface area contributed by atoms with E-state index in [2.05, 4.69) is 13.0 Å². The van der Waals surface area contributed by atoms with Crippen molar-refractivity contribution in [2.75, 3.05) is 0 Å². The minimum absolute atomic E-state index is 0.0381. The van der Waals surface area contributed by atoms with Gasteiger partial charge < -0.3 is 14.6 Å². The molecule has 150 valence electrons. The summed E-state index contributed by atoms with van der Waals surface area (Å²) in [6, 6.07) is 0. The quantitative estimate of drug-likeness (QED) is 0.741. The fourth-order valence-electron chi connectivity index (χ4n) is 4.67. The molecule has 1 fully saturated rings. The largest absolute Gasteiger partial charge is 0.462 e. The number of hydrogen-bond acceptors (Lipinski definition) is 5. The third kappa shape index (κ3) is 4.29. The summed E-state index contributed by atoms with van der Waals surface area (Å²) in [6.07, 6.45) is 10.6. The molecule has 0 saturated carbocycles. The van der Waals surface area contributed by atoms with Gasteiger partial charge in [0.25, 0.3) is 0 Å². The first-order chi connectivity index (χ1) is 12.8. The Bertz CT molecular complexity index is 635. The number of fused-ring (bicyclic) bond motifs is 1. The van der Waals surface area contributed by atoms with Gasteiger partial charge in [-0.25, -0.2) is 0 Å². The van der Waals surface area contributed by atoms with Gasteiger partial charge in [-0.1, -0.05) is 32.9 Å². The van der Waals surface area contributed by atoms with Gasteiger partial charge in [0, 0.05) is 12.3 Å². The summed E-state index contributed by atoms with van der Waals surface area (Å²) in [5, 5.41) is 10.1. The number of rotatable bonds is 5. The van der Waals surface area contributed by atoms with Crippen LogP contribution in [0.4, 0.5) is 0 Å². The molecular formula is C22H32O5. The molecule has 1 aliphatic heterocycles. The lowest BCUT2D eigenvalue weighted by atomic mass is 9.64. The summed E-state index contributed by atoms with van der Waals surface area (Å²) < 4.78 is 11.7. The summed E-state index contributed by atoms with van der Waals surface area (Å²) in [6.45, 7) is 5.85. The van der Waals surface area contributed by atoms with E-state index < -0.39 is 11.7 Å². The summed E-state index contributed by atoms with van der Waals surface area (Å²) >= 11 is 0. The lowest BCUT2D eigenvalue weighted by Crippen LogP contribution is -2.51. The van der Waals surface area contributed by atoms with Crippen molar-refractivity contribution in [2.45, 2.75) is 83.5 Å². The van der Waals surface area contributed by atoms with Crippen LogP contribution in [0, 0.1) is 17.8 Å². The number of aliphatic hydroxyl groups is 1. The van der Waals surface area contributed by atoms with Crippen LogP contribution in [0.25, 0.3) is 0 Å². The van der Waals surface area contributed by atoms with Crippen LogP contribution in [0.15, 0.2) is 23.8 Å². The van der Waals surface area contributed by atoms with E-state index in [1.807, 2.05) is 26.0 Å². The molecule has 4 unspecified atom stereocenters. The molecule has 27 heavy (non-hydrogen) atoms. The van der Waals surface area contributed by atoms with Crippen LogP contribution in [0.2, 0.25) is 0 Å². The normalized spacial score (nSPS) is 36.0. The number of aliphatic hydroxyl groups excluding tert-OH is 1. The molecular weight excluding hydrogens is 344 g/mol. The number of allylic oxidation sites excluding steroid dienone is 1. The van der Waals surface area contributed by atoms with E-state index in [1.165, 1.54) is 0 Å². The Labute approximate surface area is 161 Å². The predicted molar refractivity (Wildman–Crippen MR) is 102 cm³/mol. The van der Waals surface area contributed by atoms with Gasteiger partial charge in [-0.15, -0.1) is 0 Å². The van der Waals surface area contributed by atoms with Crippen LogP contribution in [0.1, 0.15) is 65.7 Å². The number of esters is 2. The van der Waals surface area contributed by atoms with Crippen LogP contribution < -0.4 is 0 Å². The van der Waals surface area contributed by atoms with Gasteiger partial charge in [0.15, 0.2) is 0 Å². The van der Waals surface area contributed by atoms with Crippen LogP contribution in [0.5, 0.6) is 0 Å². The number of cyclic esters (lactones) is 1. The van der Waals surface area contributed by atoms with Crippen molar-refractivity contribution in [1.29, 1.82) is 0 Å². The highest BCUT2D eigenvalue weighted by Gasteiger charge is 2.50. The second-order valence-electron chi connectivity index (χ2n) is 8.60. The first-order valence-corrected chi connectivity index (χ1v) is 10.3. The van der Waals surface area contributed by atoms with Gasteiger partial charge in [0.2, 0.25) is 0 Å². The van der Waals surface area contributed by atoms with E-state index in [0.717, 1.165) is 31.3 Å². The van der Waals surface area contributed by atoms with Crippen molar-refractivity contribution in [2.24, 2.45) is 17.8 Å². The molecule has 5 nitrogen and oxygen atoms in total. The van der Waals surface area contributed by atoms with Crippen molar-refractivity contribution < 1.29 is 24.2 Å². The van der Waals surface area contributed by atoms with E-state index in [4.69, 9.17) is 9.47 Å². The lowest BCUT2D eigenvalue weighted by molar-refractivity contribution is -0.170. The van der Waals surface area contributed by atoms with Gasteiger partial charge >= 0.3 is 11.9 Å². The summed E-state index contributed by atoms with van der Waals surface area (Å²) in [7, 11) is 0. The molecule has 1 heterocycles. The van der Waals surface area contributed by atoms with Crippen LogP contribution in [0.3, 0.4) is 0 Å². The summed E-state index contributed by atoms with van der Waals surface area (Å²) in [5.74, 6) is -0.145. The van der Waals surface area contributed by atoms with E-state index in [9.17, 15) is 14.7 Å². The molecule has 0 radical (unpaired) electrons. The number of hydrogen-bond donors (Lipinski definition) is 1. The van der Waals surface area contributed by atoms with E-state index >= 15 is 0 Å². The molecule has 5 heteroatoms. The van der Waals surface area contributed by atoms with Crippen molar-refractivity contribution in [3.63, 3.8) is 0 Å². The Balaban J connectivity index is 1.84. The Morgan fingerprint density at radius 1 is 1.37 bits per heavy atom. The standard InChI is InChI=1S/C22H32O5/c1-14(2)21(25)27-22-12-11-17(23)13-16(22)8-7-15(3)19(22)10-9-18-5-4-6-20(24)26-18/h7-8,13-15,17-19,23H,4-6,9-12H2,1-3H3/t15?,17?,18-,19?,22?/m0/s1. The fraction of sp³-hybridized carbons (Fsp3) is 0.727. The molecule has 0 aromatic rings. The molecule has 0 bridgehead atoms. The number of ether oxygens (including phenoxy) is 2. The third-order valence-corrected chi connectivity index (χ3v) is 6.24. The molecule has 0 spiro atoms. The SMILES string of the molecule is CC(C)C(=O)OC12CCC(O)C=C1C=CC(C)C2CC[C@@H]1CCCC(=O)O1. The number of carbonyl (C=O) groups is 2. The Morgan fingerprint density at radius 2 is 2.15 bits per heavy atom. The fourth-order valence-corrected chi connectivity index (χ4v) is 4.67. The molecule has 0 aromatic carbocycles. The second-order valence-corrected chi connectivity index (χ2v) is 8.60. The first kappa shape index (κ1) is 20.1. The van der Waals surface area contributed by atoms with Gasteiger partial charge in [0.05, 0.1) is 12.0 Å². The monoisotopic (exact) mass is 376 g/mol. The van der Waals surface area contributed by atoms with Crippen LogP contribution in [-0.2, 0) is 19.1 Å². The van der Waals surface area contributed by atoms with Crippen LogP contribution in [-0.4, -0.2) is 34.9 Å². The smallest absolute Gasteiger partial charge is 0.309 e. The van der Waals surface area contributed by atoms with Crippen molar-refractivity contribution in [3.05, 3.63) is 23.8 Å². The molecule has 0 amide bonds. The molecule has 0 aromatic heterocycles. The zero-order valence-corrected chi connectivity index (χ0v) is 16.6. The molecule has 5 atom stereocenters. The third-order valence-electron chi connectivity index (χ3n) is 6.24. The Hall–Kier alpha value is -1.62. The highest BCUT2D eigenvalue weighted by atomic mass is 16.6. The lowest BCUT2D eigenvalue weighted by Gasteiger charge is -2.48. The minimum Gasteiger partial charge on any atom is -0.462 e. The summed E-state index contributed by atoms with van der Waals surface area (Å²) in [4.78, 5) is 24.1. The maximum Gasteiger partial charge on any atom is 0.309 e. The number of carbonyl (C=O) groups excluding carboxylic acids is 2. The Kier molecular flexibility index (Phi) is 6.09. The van der Waals surface area contributed by atoms with Gasteiger partial charge in [-0.2, -0.15) is 0 Å². The van der Waals surface area contributed by atoms with Gasteiger partial charge in [-0.05, 0) is 56.1 Å². The Morgan fingerprint density at radius 3 is 2.85 bits per heavy atom. The molecule has 3 rings (SSSR count). The van der Waals surface area contributed by atoms with Gasteiger partial charge in [0.1, 0.15) is 11.7 Å². The average molecular weight is 376 g/mol. The van der Waals surface area contributed by atoms with E-state index in [0.29, 0.717) is 19.3 Å². The maximum absolute atomic E-state index is 12.5. The minimum atomic E-state index is -0.687. The zero-order chi connectivity index (χ0) is 19.6. The first-order valence-electron chi connectivity index (χ1n) is 10.3. The molecule has 1 N–H and O–H groups in total. The molecule has 3 aliphatic rings. The maximum atomic E-state index is 12.5. The van der Waals surface area contributed by atoms with Crippen LogP contribution >= 0.6 is 0 Å².